The van der Waals surface area contributed by atoms with Gasteiger partial charge in [0.05, 0.1) is 5.56 Å². The normalized spacial score (nSPS) is 16.6. The zero-order valence-corrected chi connectivity index (χ0v) is 17.3. The Labute approximate surface area is 173 Å². The summed E-state index contributed by atoms with van der Waals surface area (Å²) in [5, 5.41) is 5.85. The van der Waals surface area contributed by atoms with Crippen LogP contribution in [0.25, 0.3) is 0 Å². The van der Waals surface area contributed by atoms with E-state index in [2.05, 4.69) is 25.5 Å². The van der Waals surface area contributed by atoms with Crippen molar-refractivity contribution >= 4 is 23.4 Å². The molecule has 1 saturated heterocycles. The summed E-state index contributed by atoms with van der Waals surface area (Å²) < 4.78 is 39.7. The molecule has 1 aromatic heterocycles. The third kappa shape index (κ3) is 5.40. The largest absolute Gasteiger partial charge is 0.416 e. The molecule has 1 aromatic carbocycles. The van der Waals surface area contributed by atoms with E-state index in [4.69, 9.17) is 0 Å². The number of nitrogens with zero attached hydrogens (tertiary/aromatic N) is 3. The third-order valence-corrected chi connectivity index (χ3v) is 4.99. The molecule has 1 atom stereocenters. The van der Waals surface area contributed by atoms with Crippen molar-refractivity contribution in [3.05, 3.63) is 41.1 Å². The van der Waals surface area contributed by atoms with E-state index in [-0.39, 0.29) is 29.1 Å². The van der Waals surface area contributed by atoms with Crippen LogP contribution in [0.3, 0.4) is 0 Å². The van der Waals surface area contributed by atoms with E-state index in [1.807, 2.05) is 13.0 Å². The minimum absolute atomic E-state index is 0.0509. The second-order valence-electron chi connectivity index (χ2n) is 7.58. The van der Waals surface area contributed by atoms with Crippen LogP contribution < -0.4 is 15.5 Å². The first kappa shape index (κ1) is 21.9. The van der Waals surface area contributed by atoms with Gasteiger partial charge >= 0.3 is 6.18 Å². The Hall–Kier alpha value is -2.84. The number of halogens is 3. The average Bonchev–Trinajstić information content (AvgIpc) is 3.10. The van der Waals surface area contributed by atoms with Gasteiger partial charge in [-0.2, -0.15) is 18.2 Å². The Morgan fingerprint density at radius 2 is 2.03 bits per heavy atom. The maximum Gasteiger partial charge on any atom is 0.416 e. The number of aromatic nitrogens is 2. The molecule has 1 amide bonds. The average molecular weight is 421 g/mol. The summed E-state index contributed by atoms with van der Waals surface area (Å²) in [5.74, 6) is 0.890. The van der Waals surface area contributed by atoms with Crippen molar-refractivity contribution in [2.45, 2.75) is 52.3 Å². The summed E-state index contributed by atoms with van der Waals surface area (Å²) in [6.45, 7) is 6.32. The van der Waals surface area contributed by atoms with Crippen LogP contribution in [0.5, 0.6) is 0 Å². The minimum Gasteiger partial charge on any atom is -0.354 e. The van der Waals surface area contributed by atoms with E-state index in [0.717, 1.165) is 37.6 Å². The van der Waals surface area contributed by atoms with Gasteiger partial charge in [0.2, 0.25) is 11.9 Å². The van der Waals surface area contributed by atoms with Crippen molar-refractivity contribution in [3.8, 4) is 0 Å². The highest BCUT2D eigenvalue weighted by Gasteiger charge is 2.32. The van der Waals surface area contributed by atoms with Crippen LogP contribution in [-0.2, 0) is 17.4 Å². The van der Waals surface area contributed by atoms with Crippen LogP contribution in [0.4, 0.5) is 30.6 Å². The van der Waals surface area contributed by atoms with Crippen LogP contribution in [-0.4, -0.2) is 35.0 Å². The number of aryl methyl sites for hydroxylation is 2. The molecule has 2 aromatic rings. The van der Waals surface area contributed by atoms with E-state index in [1.54, 1.807) is 6.07 Å². The lowest BCUT2D eigenvalue weighted by Crippen LogP contribution is -2.35. The van der Waals surface area contributed by atoms with Crippen molar-refractivity contribution in [3.63, 3.8) is 0 Å². The molecule has 30 heavy (non-hydrogen) atoms. The van der Waals surface area contributed by atoms with E-state index in [9.17, 15) is 18.0 Å². The molecule has 0 saturated carbocycles. The minimum atomic E-state index is -4.42. The predicted octanol–water partition coefficient (Wildman–Crippen LogP) is 4.21. The topological polar surface area (TPSA) is 70.2 Å². The summed E-state index contributed by atoms with van der Waals surface area (Å²) in [4.78, 5) is 22.4. The number of carbonyl (C=O) groups is 1. The van der Waals surface area contributed by atoms with Gasteiger partial charge in [-0.1, -0.05) is 19.4 Å². The van der Waals surface area contributed by atoms with Crippen LogP contribution >= 0.6 is 0 Å². The Morgan fingerprint density at radius 1 is 1.27 bits per heavy atom. The number of hydrogen-bond acceptors (Lipinski definition) is 5. The SMILES string of the molecule is CCCc1cc(N2CCC(NC(C)=O)C2)nc(Nc2ccc(C)c(C(F)(F)F)c2)n1. The fourth-order valence-corrected chi connectivity index (χ4v) is 3.59. The van der Waals surface area contributed by atoms with Crippen molar-refractivity contribution in [2.24, 2.45) is 0 Å². The zero-order chi connectivity index (χ0) is 21.9. The highest BCUT2D eigenvalue weighted by Crippen LogP contribution is 2.34. The standard InChI is InChI=1S/C21H26F3N5O/c1-4-5-15-11-19(29-9-8-17(12-29)25-14(3)30)28-20(26-15)27-16-7-6-13(2)18(10-16)21(22,23)24/h6-7,10-11,17H,4-5,8-9,12H2,1-3H3,(H,25,30)(H,26,27,28). The number of rotatable bonds is 6. The predicted molar refractivity (Wildman–Crippen MR) is 110 cm³/mol. The molecule has 1 aliphatic rings. The summed E-state index contributed by atoms with van der Waals surface area (Å²) in [6.07, 6.45) is -2.00. The quantitative estimate of drug-likeness (QED) is 0.731. The van der Waals surface area contributed by atoms with Crippen molar-refractivity contribution < 1.29 is 18.0 Å². The number of benzene rings is 1. The van der Waals surface area contributed by atoms with Gasteiger partial charge in [-0.3, -0.25) is 4.79 Å². The number of amides is 1. The van der Waals surface area contributed by atoms with Crippen molar-refractivity contribution in [1.29, 1.82) is 0 Å². The van der Waals surface area contributed by atoms with Gasteiger partial charge in [0.25, 0.3) is 0 Å². The number of alkyl halides is 3. The highest BCUT2D eigenvalue weighted by molar-refractivity contribution is 5.73. The van der Waals surface area contributed by atoms with Gasteiger partial charge in [0, 0.05) is 43.5 Å². The van der Waals surface area contributed by atoms with Gasteiger partial charge in [-0.05, 0) is 37.5 Å². The highest BCUT2D eigenvalue weighted by atomic mass is 19.4. The molecular formula is C21H26F3N5O. The molecule has 0 radical (unpaired) electrons. The molecular weight excluding hydrogens is 395 g/mol. The molecule has 0 bridgehead atoms. The van der Waals surface area contributed by atoms with E-state index >= 15 is 0 Å². The van der Waals surface area contributed by atoms with Gasteiger partial charge < -0.3 is 15.5 Å². The fourth-order valence-electron chi connectivity index (χ4n) is 3.59. The van der Waals surface area contributed by atoms with Crippen LogP contribution in [0.1, 0.15) is 43.5 Å². The second-order valence-corrected chi connectivity index (χ2v) is 7.58. The molecule has 2 heterocycles. The summed E-state index contributed by atoms with van der Waals surface area (Å²) >= 11 is 0. The Morgan fingerprint density at radius 3 is 2.70 bits per heavy atom. The lowest BCUT2D eigenvalue weighted by molar-refractivity contribution is -0.138. The smallest absolute Gasteiger partial charge is 0.354 e. The van der Waals surface area contributed by atoms with Gasteiger partial charge in [0.15, 0.2) is 0 Å². The number of nitrogens with one attached hydrogen (secondary N) is 2. The van der Waals surface area contributed by atoms with Crippen molar-refractivity contribution in [1.82, 2.24) is 15.3 Å². The molecule has 1 unspecified atom stereocenters. The van der Waals surface area contributed by atoms with Gasteiger partial charge in [-0.25, -0.2) is 4.98 Å². The lowest BCUT2D eigenvalue weighted by atomic mass is 10.1. The first-order chi connectivity index (χ1) is 14.2. The van der Waals surface area contributed by atoms with Gasteiger partial charge in [-0.15, -0.1) is 0 Å². The molecule has 6 nitrogen and oxygen atoms in total. The number of carbonyl (C=O) groups excluding carboxylic acids is 1. The summed E-state index contributed by atoms with van der Waals surface area (Å²) in [5.41, 5.74) is 0.576. The van der Waals surface area contributed by atoms with Crippen LogP contribution in [0.2, 0.25) is 0 Å². The molecule has 162 valence electrons. The Balaban J connectivity index is 1.86. The Bertz CT molecular complexity index is 916. The maximum atomic E-state index is 13.2. The molecule has 0 spiro atoms. The first-order valence-electron chi connectivity index (χ1n) is 10.0. The van der Waals surface area contributed by atoms with E-state index in [1.165, 1.54) is 19.9 Å². The Kier molecular flexibility index (Phi) is 6.48. The summed E-state index contributed by atoms with van der Waals surface area (Å²) in [6, 6.07) is 6.05. The first-order valence-corrected chi connectivity index (χ1v) is 10.0. The van der Waals surface area contributed by atoms with Gasteiger partial charge in [0.1, 0.15) is 5.82 Å². The maximum absolute atomic E-state index is 13.2. The monoisotopic (exact) mass is 421 g/mol. The molecule has 1 aliphatic heterocycles. The lowest BCUT2D eigenvalue weighted by Gasteiger charge is -2.20. The summed E-state index contributed by atoms with van der Waals surface area (Å²) in [7, 11) is 0. The fraction of sp³-hybridized carbons (Fsp3) is 0.476. The van der Waals surface area contributed by atoms with E-state index < -0.39 is 11.7 Å². The van der Waals surface area contributed by atoms with Crippen LogP contribution in [0, 0.1) is 6.92 Å². The van der Waals surface area contributed by atoms with Crippen LogP contribution in [0.15, 0.2) is 24.3 Å². The van der Waals surface area contributed by atoms with Crippen molar-refractivity contribution in [2.75, 3.05) is 23.3 Å². The molecule has 1 fully saturated rings. The molecule has 3 rings (SSSR count). The van der Waals surface area contributed by atoms with E-state index in [0.29, 0.717) is 12.4 Å². The number of hydrogen-bond donors (Lipinski definition) is 2. The molecule has 0 aliphatic carbocycles. The molecule has 2 N–H and O–H groups in total. The third-order valence-electron chi connectivity index (χ3n) is 4.99. The second kappa shape index (κ2) is 8.89. The zero-order valence-electron chi connectivity index (χ0n) is 17.3. The molecule has 9 heteroatoms. The number of anilines is 3.